The third-order valence-corrected chi connectivity index (χ3v) is 25.2. The minimum absolute atomic E-state index is 0.0303. The fraction of sp³-hybridized carbons (Fsp3) is 0.767. The number of allylic oxidation sites excluding steroid dienone is 6. The van der Waals surface area contributed by atoms with Crippen LogP contribution in [0.5, 0.6) is 0 Å². The number of aliphatic carboxylic acids is 1. The molecule has 0 spiro atoms. The molecule has 0 aromatic heterocycles. The van der Waals surface area contributed by atoms with Crippen LogP contribution in [0.25, 0.3) is 0 Å². The third-order valence-electron chi connectivity index (χ3n) is 25.2. The molecule has 838 valence electrons. The Morgan fingerprint density at radius 3 is 1.04 bits per heavy atom. The van der Waals surface area contributed by atoms with Crippen molar-refractivity contribution in [2.24, 2.45) is 57.7 Å². The summed E-state index contributed by atoms with van der Waals surface area (Å²) in [5, 5.41) is 26.6. The highest BCUT2D eigenvalue weighted by molar-refractivity contribution is 5.77. The molecule has 4 atom stereocenters. The summed E-state index contributed by atoms with van der Waals surface area (Å²) in [6.07, 6.45) is 65.1. The lowest BCUT2D eigenvalue weighted by Gasteiger charge is -2.46. The Hall–Kier alpha value is -7.19. The van der Waals surface area contributed by atoms with Gasteiger partial charge in [-0.05, 0) is 268 Å². The van der Waals surface area contributed by atoms with Gasteiger partial charge < -0.3 is 103 Å². The Labute approximate surface area is 875 Å². The van der Waals surface area contributed by atoms with Gasteiger partial charge in [-0.15, -0.1) is 6.58 Å². The van der Waals surface area contributed by atoms with Gasteiger partial charge >= 0.3 is 5.97 Å². The summed E-state index contributed by atoms with van der Waals surface area (Å²) in [4.78, 5) is 98.5. The van der Waals surface area contributed by atoms with E-state index >= 15 is 0 Å². The Balaban J connectivity index is -0.000000506. The molecule has 5 aliphatic carbocycles. The Bertz CT molecular complexity index is 3220. The van der Waals surface area contributed by atoms with Crippen molar-refractivity contribution in [3.63, 3.8) is 0 Å². The van der Waals surface area contributed by atoms with E-state index < -0.39 is 11.4 Å². The predicted molar refractivity (Wildman–Crippen MR) is 589 cm³/mol. The number of hydrogen-bond acceptors (Lipinski definition) is 21. The van der Waals surface area contributed by atoms with E-state index in [4.69, 9.17) is 61.9 Å². The van der Waals surface area contributed by atoms with Crippen LogP contribution in [0.4, 0.5) is 0 Å². The van der Waals surface area contributed by atoms with Gasteiger partial charge in [0.1, 0.15) is 17.0 Å². The molecule has 0 saturated heterocycles. The zero-order chi connectivity index (χ0) is 110. The maximum absolute atomic E-state index is 11.3. The number of nitrogens with one attached hydrogen (secondary N) is 6. The lowest BCUT2D eigenvalue weighted by molar-refractivity contribution is -0.154. The number of rotatable bonds is 57. The van der Waals surface area contributed by atoms with Crippen LogP contribution in [0.15, 0.2) is 109 Å². The lowest BCUT2D eigenvalue weighted by Crippen LogP contribution is -2.43. The lowest BCUT2D eigenvalue weighted by atomic mass is 9.60. The van der Waals surface area contributed by atoms with Crippen molar-refractivity contribution < 1.29 is 105 Å². The van der Waals surface area contributed by atoms with Crippen molar-refractivity contribution in [2.75, 3.05) is 178 Å². The van der Waals surface area contributed by atoms with E-state index in [2.05, 4.69) is 117 Å². The molecule has 0 radical (unpaired) electrons. The second-order valence-electron chi connectivity index (χ2n) is 40.9. The van der Waals surface area contributed by atoms with E-state index in [1.54, 1.807) is 126 Å². The van der Waals surface area contributed by atoms with Gasteiger partial charge in [0.05, 0.1) is 79.3 Å². The Kier molecular flexibility index (Phi) is 98.7. The van der Waals surface area contributed by atoms with Crippen LogP contribution in [0, 0.1) is 57.7 Å². The standard InChI is InChI=1S/2C17H30N2O2.C17H30O2.C15H27NO2.C14H24O2.C11H21NO2.C7H14O4.3C6H12O2/c2*1-12(20)18-16-7-3-14(4-8-16)11-15-5-9-17(10-6-15)19-13(2)21;1-14(2)17(13-19-6)11-15(3)9-7-8-10-16(4)12-18-5;1-11(17)6-13-7-14(3,4)9-15(5,8-13)10-16-12(2)18;1-4-14(13-16-3)11-9-7-5-6-8-10-12-15-2;1-10(13)8-6-4-3-5-7-9-12-11(2)14;1-7(4-10-2,5-11-3)6(8)9;3*1-7-5-3-4-6-8-2/h2*14-17H,3-11H2,1-2H3,(H,18,20)(H,19,21);9-10,17H,1,7-8,11-13H2,2-6H3;13H,6-10H2,1-5H3,(H,16,18);4,7-10,14H,1,5-6,11-13H2,2-3H3;3-9H2,1-2H3,(H,12,14);4-5H2,1-3H3,(H,8,9);3*3-4H,5-6H2,1-2H3/b;;15-9-,16-10+;;9-7-,10-8+;;;4-3+;2*4-3-. The zero-order valence-corrected chi connectivity index (χ0v) is 95.7. The normalized spacial score (nSPS) is 20.6. The maximum atomic E-state index is 11.3. The van der Waals surface area contributed by atoms with Crippen molar-refractivity contribution in [1.82, 2.24) is 31.9 Å². The van der Waals surface area contributed by atoms with Gasteiger partial charge in [0.15, 0.2) is 0 Å². The molecular formula is C116H212N6O22. The molecular weight excluding hydrogens is 1830 g/mol. The van der Waals surface area contributed by atoms with Gasteiger partial charge in [-0.2, -0.15) is 0 Å². The molecule has 28 nitrogen and oxygen atoms in total. The summed E-state index contributed by atoms with van der Waals surface area (Å²) in [5.41, 5.74) is 3.36. The topological polar surface area (TPSA) is 357 Å². The molecule has 5 rings (SSSR count). The van der Waals surface area contributed by atoms with Gasteiger partial charge in [0.25, 0.3) is 0 Å². The second-order valence-corrected chi connectivity index (χ2v) is 40.9. The van der Waals surface area contributed by atoms with Crippen molar-refractivity contribution in [3.8, 4) is 0 Å². The van der Waals surface area contributed by atoms with Crippen molar-refractivity contribution >= 4 is 53.0 Å². The highest BCUT2D eigenvalue weighted by atomic mass is 16.5. The largest absolute Gasteiger partial charge is 0.481 e. The summed E-state index contributed by atoms with van der Waals surface area (Å²) < 4.78 is 58.3. The highest BCUT2D eigenvalue weighted by Crippen LogP contribution is 2.49. The van der Waals surface area contributed by atoms with E-state index in [0.717, 1.165) is 198 Å². The molecule has 0 bridgehead atoms. The number of ketones is 2. The van der Waals surface area contributed by atoms with Crippen molar-refractivity contribution in [2.45, 2.75) is 346 Å². The van der Waals surface area contributed by atoms with Crippen molar-refractivity contribution in [3.05, 3.63) is 109 Å². The smallest absolute Gasteiger partial charge is 0.314 e. The van der Waals surface area contributed by atoms with Gasteiger partial charge in [0.2, 0.25) is 35.4 Å². The first kappa shape index (κ1) is 145. The van der Waals surface area contributed by atoms with E-state index in [0.29, 0.717) is 101 Å². The van der Waals surface area contributed by atoms with Gasteiger partial charge in [-0.1, -0.05) is 142 Å². The number of carbonyl (C=O) groups excluding carboxylic acids is 8. The fourth-order valence-electron chi connectivity index (χ4n) is 18.5. The van der Waals surface area contributed by atoms with Crippen LogP contribution in [0.2, 0.25) is 0 Å². The summed E-state index contributed by atoms with van der Waals surface area (Å²) in [5.74, 6) is 4.87. The predicted octanol–water partition coefficient (Wildman–Crippen LogP) is 21.3. The number of ether oxygens (including phenoxy) is 12. The zero-order valence-electron chi connectivity index (χ0n) is 95.7. The summed E-state index contributed by atoms with van der Waals surface area (Å²) in [6, 6.07) is 1.65. The number of carboxylic acid groups (broad SMARTS) is 1. The van der Waals surface area contributed by atoms with Crippen LogP contribution in [0.3, 0.4) is 0 Å². The molecule has 144 heavy (non-hydrogen) atoms. The maximum Gasteiger partial charge on any atom is 0.314 e. The molecule has 5 fully saturated rings. The average molecular weight is 2040 g/mol. The number of carbonyl (C=O) groups is 9. The van der Waals surface area contributed by atoms with Crippen LogP contribution < -0.4 is 31.9 Å². The molecule has 5 saturated carbocycles. The molecule has 28 heteroatoms. The van der Waals surface area contributed by atoms with E-state index in [9.17, 15) is 43.2 Å². The molecule has 7 N–H and O–H groups in total. The Morgan fingerprint density at radius 2 is 0.736 bits per heavy atom. The van der Waals surface area contributed by atoms with Gasteiger partial charge in [-0.3, -0.25) is 33.6 Å². The number of unbranched alkanes of at least 4 members (excludes halogenated alkanes) is 6. The fourth-order valence-corrected chi connectivity index (χ4v) is 18.5. The Morgan fingerprint density at radius 1 is 0.389 bits per heavy atom. The van der Waals surface area contributed by atoms with E-state index in [1.165, 1.54) is 102 Å². The summed E-state index contributed by atoms with van der Waals surface area (Å²) >= 11 is 0. The van der Waals surface area contributed by atoms with Crippen LogP contribution in [-0.2, 0) is 100.0 Å². The molecule has 0 heterocycles. The molecule has 0 aliphatic heterocycles. The minimum Gasteiger partial charge on any atom is -0.481 e. The van der Waals surface area contributed by atoms with Gasteiger partial charge in [-0.25, -0.2) is 0 Å². The second kappa shape index (κ2) is 97.9. The summed E-state index contributed by atoms with van der Waals surface area (Å²) in [6.45, 7) is 44.2. The molecule has 6 amide bonds. The number of Topliss-reactive ketones (excluding diaryl/α,β-unsaturated/α-hetero) is 2. The number of methoxy groups -OCH3 is 12. The minimum atomic E-state index is -0.927. The number of hydrogen-bond donors (Lipinski definition) is 7. The number of amides is 6. The first-order valence-corrected chi connectivity index (χ1v) is 53.0. The average Bonchev–Trinajstić information content (AvgIpc) is 0.805. The van der Waals surface area contributed by atoms with E-state index in [1.807, 2.05) is 48.6 Å². The first-order chi connectivity index (χ1) is 68.5. The molecule has 0 aromatic rings. The summed E-state index contributed by atoms with van der Waals surface area (Å²) in [7, 11) is 19.8. The highest BCUT2D eigenvalue weighted by Gasteiger charge is 2.42. The van der Waals surface area contributed by atoms with Crippen LogP contribution >= 0.6 is 0 Å². The number of carboxylic acids is 1. The molecule has 4 unspecified atom stereocenters. The van der Waals surface area contributed by atoms with E-state index in [-0.39, 0.29) is 71.1 Å². The molecule has 5 aliphatic rings. The van der Waals surface area contributed by atoms with Crippen LogP contribution in [-0.4, -0.2) is 260 Å². The monoisotopic (exact) mass is 2040 g/mol. The quantitative estimate of drug-likeness (QED) is 0.0220. The van der Waals surface area contributed by atoms with Gasteiger partial charge in [0, 0.05) is 189 Å². The van der Waals surface area contributed by atoms with Crippen LogP contribution in [0.1, 0.15) is 322 Å². The third kappa shape index (κ3) is 95.7. The SMILES string of the molecule is C=C(C)C(COC)C/C(C)=C\CC/C=C(\C)COC.C=CC(C/C=C\CC/C=C/COC)COC.CC(=O)CC1CC(C)(C)CC(C)(CNC(C)=O)C1.CC(=O)CCCCCCCNC(C)=O.CC(=O)NC1CCC(CC2CCC(NC(C)=O)CC2)CC1.CC(=O)NC1CCC(CC2CCC(NC(C)=O)CC2)CC1.COC/C=C/COC.COC/C=C\COC.COC/C=C\COC.COCC(C)(COC)C(=O)O. The molecule has 0 aromatic carbocycles. The first-order valence-electron chi connectivity index (χ1n) is 53.0. The van der Waals surface area contributed by atoms with Crippen molar-refractivity contribution in [1.29, 1.82) is 0 Å².